The monoisotopic (exact) mass is 499 g/mol. The lowest BCUT2D eigenvalue weighted by Gasteiger charge is -2.19. The van der Waals surface area contributed by atoms with E-state index >= 15 is 0 Å². The number of carbonyl (C=O) groups excluding carboxylic acids is 3. The van der Waals surface area contributed by atoms with Gasteiger partial charge in [-0.3, -0.25) is 9.59 Å². The van der Waals surface area contributed by atoms with E-state index in [2.05, 4.69) is 20.6 Å². The molecule has 3 N–H and O–H groups in total. The zero-order chi connectivity index (χ0) is 25.0. The van der Waals surface area contributed by atoms with Crippen molar-refractivity contribution in [1.29, 1.82) is 0 Å². The number of para-hydroxylation sites is 2. The minimum atomic E-state index is -3.65. The molecular formula is C23H25N5O6S. The van der Waals surface area contributed by atoms with E-state index in [1.165, 1.54) is 0 Å². The van der Waals surface area contributed by atoms with E-state index in [4.69, 9.17) is 4.74 Å². The van der Waals surface area contributed by atoms with Crippen molar-refractivity contribution < 1.29 is 27.5 Å². The number of nitrogens with zero attached hydrogens (tertiary/aromatic N) is 2. The van der Waals surface area contributed by atoms with E-state index in [1.807, 2.05) is 24.3 Å². The molecule has 1 saturated heterocycles. The second kappa shape index (κ2) is 10.1. The average molecular weight is 500 g/mol. The fourth-order valence-corrected chi connectivity index (χ4v) is 5.26. The first kappa shape index (κ1) is 24.2. The summed E-state index contributed by atoms with van der Waals surface area (Å²) in [6.45, 7) is 1.61. The molecule has 3 amide bonds. The summed E-state index contributed by atoms with van der Waals surface area (Å²) < 4.78 is 30.0. The molecule has 11 nitrogen and oxygen atoms in total. The second-order valence-electron chi connectivity index (χ2n) is 7.92. The van der Waals surface area contributed by atoms with Gasteiger partial charge in [0.25, 0.3) is 0 Å². The zero-order valence-electron chi connectivity index (χ0n) is 19.0. The van der Waals surface area contributed by atoms with Crippen LogP contribution < -0.4 is 14.9 Å². The molecule has 2 aromatic carbocycles. The maximum Gasteiger partial charge on any atom is 0.325 e. The largest absolute Gasteiger partial charge is 0.465 e. The lowest BCUT2D eigenvalue weighted by atomic mass is 10.0. The highest BCUT2D eigenvalue weighted by Gasteiger charge is 2.36. The van der Waals surface area contributed by atoms with Crippen molar-refractivity contribution >= 4 is 44.7 Å². The standard InChI is InChI=1S/C23H25N5O6S/c1-2-34-21(30)14-24-23(31)27-19(22-25-17-5-3-4-6-18(17)26-22)13-15-7-9-16(10-8-15)28-20(29)11-12-35(28,32)33/h3-10,19H,2,11-14H2,1H3,(H,25,26)(H2,24,27,31)/t19-/m0/s1. The van der Waals surface area contributed by atoms with Gasteiger partial charge >= 0.3 is 12.0 Å². The number of aromatic nitrogens is 2. The van der Waals surface area contributed by atoms with Crippen molar-refractivity contribution in [2.75, 3.05) is 23.2 Å². The number of esters is 1. The predicted molar refractivity (Wildman–Crippen MR) is 128 cm³/mol. The summed E-state index contributed by atoms with van der Waals surface area (Å²) in [7, 11) is -3.65. The topological polar surface area (TPSA) is 151 Å². The summed E-state index contributed by atoms with van der Waals surface area (Å²) in [6, 6.07) is 12.8. The molecule has 0 aliphatic carbocycles. The van der Waals surface area contributed by atoms with E-state index < -0.39 is 34.0 Å². The third kappa shape index (κ3) is 5.60. The van der Waals surface area contributed by atoms with Crippen LogP contribution >= 0.6 is 0 Å². The van der Waals surface area contributed by atoms with Gasteiger partial charge in [-0.25, -0.2) is 22.5 Å². The van der Waals surface area contributed by atoms with Gasteiger partial charge in [0.1, 0.15) is 12.4 Å². The van der Waals surface area contributed by atoms with Gasteiger partial charge in [-0.15, -0.1) is 0 Å². The molecule has 12 heteroatoms. The molecule has 1 aliphatic rings. The number of anilines is 1. The van der Waals surface area contributed by atoms with Gasteiger partial charge in [0.2, 0.25) is 15.9 Å². The lowest BCUT2D eigenvalue weighted by Crippen LogP contribution is -2.41. The van der Waals surface area contributed by atoms with Gasteiger partial charge in [0.15, 0.2) is 0 Å². The number of sulfonamides is 1. The van der Waals surface area contributed by atoms with Crippen molar-refractivity contribution in [1.82, 2.24) is 20.6 Å². The van der Waals surface area contributed by atoms with Crippen molar-refractivity contribution in [2.24, 2.45) is 0 Å². The van der Waals surface area contributed by atoms with Crippen LogP contribution in [-0.2, 0) is 30.8 Å². The Bertz CT molecular complexity index is 1320. The van der Waals surface area contributed by atoms with Crippen molar-refractivity contribution in [3.05, 3.63) is 59.9 Å². The van der Waals surface area contributed by atoms with E-state index in [0.717, 1.165) is 20.9 Å². The molecule has 2 heterocycles. The highest BCUT2D eigenvalue weighted by Crippen LogP contribution is 2.27. The molecule has 1 aromatic heterocycles. The van der Waals surface area contributed by atoms with Gasteiger partial charge in [0.05, 0.1) is 35.1 Å². The smallest absolute Gasteiger partial charge is 0.325 e. The Morgan fingerprint density at radius 2 is 1.91 bits per heavy atom. The molecule has 1 fully saturated rings. The predicted octanol–water partition coefficient (Wildman–Crippen LogP) is 1.78. The van der Waals surface area contributed by atoms with Gasteiger partial charge in [-0.2, -0.15) is 0 Å². The number of benzene rings is 2. The Morgan fingerprint density at radius 3 is 2.57 bits per heavy atom. The Kier molecular flexibility index (Phi) is 7.01. The van der Waals surface area contributed by atoms with Crippen molar-refractivity contribution in [3.8, 4) is 0 Å². The van der Waals surface area contributed by atoms with Gasteiger partial charge in [-0.1, -0.05) is 24.3 Å². The lowest BCUT2D eigenvalue weighted by molar-refractivity contribution is -0.141. The number of rotatable bonds is 8. The molecule has 4 rings (SSSR count). The minimum Gasteiger partial charge on any atom is -0.465 e. The molecular weight excluding hydrogens is 474 g/mol. The number of ether oxygens (including phenoxy) is 1. The number of fused-ring (bicyclic) bond motifs is 1. The van der Waals surface area contributed by atoms with Crippen molar-refractivity contribution in [2.45, 2.75) is 25.8 Å². The third-order valence-electron chi connectivity index (χ3n) is 5.43. The number of H-pyrrole nitrogens is 1. The molecule has 184 valence electrons. The normalized spacial score (nSPS) is 15.7. The van der Waals surface area contributed by atoms with Crippen LogP contribution in [0.5, 0.6) is 0 Å². The molecule has 0 saturated carbocycles. The highest BCUT2D eigenvalue weighted by molar-refractivity contribution is 7.94. The number of aromatic amines is 1. The van der Waals surface area contributed by atoms with Gasteiger partial charge < -0.3 is 20.4 Å². The van der Waals surface area contributed by atoms with E-state index in [1.54, 1.807) is 31.2 Å². The van der Waals surface area contributed by atoms with Gasteiger partial charge in [0, 0.05) is 6.42 Å². The third-order valence-corrected chi connectivity index (χ3v) is 7.12. The summed E-state index contributed by atoms with van der Waals surface area (Å²) in [6.07, 6.45) is 0.274. The number of carbonyl (C=O) groups is 3. The first-order chi connectivity index (χ1) is 16.8. The molecule has 1 atom stereocenters. The van der Waals surface area contributed by atoms with E-state index in [0.29, 0.717) is 12.2 Å². The first-order valence-electron chi connectivity index (χ1n) is 11.1. The summed E-state index contributed by atoms with van der Waals surface area (Å²) in [5, 5.41) is 5.29. The van der Waals surface area contributed by atoms with Crippen LogP contribution in [0.25, 0.3) is 11.0 Å². The quantitative estimate of drug-likeness (QED) is 0.400. The zero-order valence-corrected chi connectivity index (χ0v) is 19.8. The van der Waals surface area contributed by atoms with Crippen LogP contribution in [0, 0.1) is 0 Å². The molecule has 3 aromatic rings. The first-order valence-corrected chi connectivity index (χ1v) is 12.7. The van der Waals surface area contributed by atoms with Crippen molar-refractivity contribution in [3.63, 3.8) is 0 Å². The number of hydrogen-bond donors (Lipinski definition) is 3. The average Bonchev–Trinajstić information content (AvgIpc) is 3.38. The maximum atomic E-state index is 12.5. The van der Waals surface area contributed by atoms with Crippen LogP contribution in [0.4, 0.5) is 10.5 Å². The highest BCUT2D eigenvalue weighted by atomic mass is 32.2. The Labute approximate surface area is 201 Å². The van der Waals surface area contributed by atoms with Crippen LogP contribution in [-0.4, -0.2) is 55.2 Å². The summed E-state index contributed by atoms with van der Waals surface area (Å²) in [5.41, 5.74) is 2.58. The molecule has 0 spiro atoms. The molecule has 35 heavy (non-hydrogen) atoms. The number of urea groups is 1. The van der Waals surface area contributed by atoms with Crippen LogP contribution in [0.2, 0.25) is 0 Å². The fraction of sp³-hybridized carbons (Fsp3) is 0.304. The number of imidazole rings is 1. The molecule has 0 unspecified atom stereocenters. The van der Waals surface area contributed by atoms with E-state index in [9.17, 15) is 22.8 Å². The van der Waals surface area contributed by atoms with E-state index in [-0.39, 0.29) is 31.0 Å². The van der Waals surface area contributed by atoms with Crippen LogP contribution in [0.3, 0.4) is 0 Å². The summed E-state index contributed by atoms with van der Waals surface area (Å²) in [4.78, 5) is 43.9. The fourth-order valence-electron chi connectivity index (χ4n) is 3.80. The number of hydrogen-bond acceptors (Lipinski definition) is 7. The maximum absolute atomic E-state index is 12.5. The minimum absolute atomic E-state index is 0.0386. The number of nitrogens with one attached hydrogen (secondary N) is 3. The van der Waals surface area contributed by atoms with Crippen LogP contribution in [0.15, 0.2) is 48.5 Å². The van der Waals surface area contributed by atoms with Gasteiger partial charge in [-0.05, 0) is 43.2 Å². The molecule has 1 aliphatic heterocycles. The summed E-state index contributed by atoms with van der Waals surface area (Å²) in [5.74, 6) is -0.700. The van der Waals surface area contributed by atoms with Crippen LogP contribution in [0.1, 0.15) is 30.8 Å². The Morgan fingerprint density at radius 1 is 1.17 bits per heavy atom. The Hall–Kier alpha value is -3.93. The SMILES string of the molecule is CCOC(=O)CNC(=O)N[C@@H](Cc1ccc(N2C(=O)CCS2(=O)=O)cc1)c1nc2ccccc2[nH]1. The molecule has 0 bridgehead atoms. The summed E-state index contributed by atoms with van der Waals surface area (Å²) >= 11 is 0. The second-order valence-corrected chi connectivity index (χ2v) is 9.86. The molecule has 0 radical (unpaired) electrons. The Balaban J connectivity index is 1.53. The number of amides is 3.